The summed E-state index contributed by atoms with van der Waals surface area (Å²) in [6.45, 7) is 5.75. The van der Waals surface area contributed by atoms with Gasteiger partial charge in [-0.1, -0.05) is 24.3 Å². The smallest absolute Gasteiger partial charge is 0.0650 e. The van der Waals surface area contributed by atoms with Crippen molar-refractivity contribution in [2.45, 2.75) is 26.9 Å². The normalized spacial score (nSPS) is 11.0. The van der Waals surface area contributed by atoms with E-state index >= 15 is 0 Å². The van der Waals surface area contributed by atoms with E-state index in [1.54, 1.807) is 6.20 Å². The predicted molar refractivity (Wildman–Crippen MR) is 82.6 cm³/mol. The van der Waals surface area contributed by atoms with E-state index in [0.717, 1.165) is 35.7 Å². The lowest BCUT2D eigenvalue weighted by Crippen LogP contribution is -2.13. The fraction of sp³-hybridized carbons (Fsp3) is 0.250. The molecule has 5 nitrogen and oxygen atoms in total. The van der Waals surface area contributed by atoms with Crippen molar-refractivity contribution in [3.8, 4) is 11.3 Å². The van der Waals surface area contributed by atoms with Crippen LogP contribution in [0.1, 0.15) is 22.5 Å². The number of aryl methyl sites for hydroxylation is 2. The molecular formula is C16H19N5. The molecule has 0 spiro atoms. The number of aromatic amines is 2. The number of benzene rings is 1. The Bertz CT molecular complexity index is 675. The van der Waals surface area contributed by atoms with E-state index in [1.807, 2.05) is 13.0 Å². The average molecular weight is 281 g/mol. The van der Waals surface area contributed by atoms with Crippen molar-refractivity contribution in [3.05, 3.63) is 59.0 Å². The van der Waals surface area contributed by atoms with E-state index in [1.165, 1.54) is 11.1 Å². The first-order chi connectivity index (χ1) is 10.2. The first-order valence-electron chi connectivity index (χ1n) is 7.04. The Morgan fingerprint density at radius 1 is 1.00 bits per heavy atom. The Labute approximate surface area is 123 Å². The molecule has 3 N–H and O–H groups in total. The Hall–Kier alpha value is -2.40. The fourth-order valence-electron chi connectivity index (χ4n) is 2.39. The summed E-state index contributed by atoms with van der Waals surface area (Å²) in [6, 6.07) is 10.5. The van der Waals surface area contributed by atoms with Crippen molar-refractivity contribution in [2.75, 3.05) is 0 Å². The zero-order valence-electron chi connectivity index (χ0n) is 12.3. The second kappa shape index (κ2) is 5.93. The van der Waals surface area contributed by atoms with Crippen molar-refractivity contribution in [1.29, 1.82) is 0 Å². The molecule has 0 saturated heterocycles. The van der Waals surface area contributed by atoms with E-state index in [9.17, 15) is 0 Å². The maximum Gasteiger partial charge on any atom is 0.0650 e. The SMILES string of the molecule is Cc1n[nH]c(C)c1CNCc1ccc(-c2ccn[nH]2)cc1. The first kappa shape index (κ1) is 13.6. The molecule has 3 rings (SSSR count). The van der Waals surface area contributed by atoms with Crippen molar-refractivity contribution in [2.24, 2.45) is 0 Å². The molecule has 1 aromatic carbocycles. The predicted octanol–water partition coefficient (Wildman–Crippen LogP) is 2.71. The van der Waals surface area contributed by atoms with E-state index in [4.69, 9.17) is 0 Å². The van der Waals surface area contributed by atoms with Crippen LogP contribution in [0.5, 0.6) is 0 Å². The third kappa shape index (κ3) is 3.03. The summed E-state index contributed by atoms with van der Waals surface area (Å²) in [5.74, 6) is 0. The molecule has 0 aliphatic carbocycles. The van der Waals surface area contributed by atoms with Gasteiger partial charge >= 0.3 is 0 Å². The second-order valence-electron chi connectivity index (χ2n) is 5.18. The van der Waals surface area contributed by atoms with Gasteiger partial charge in [-0.05, 0) is 31.0 Å². The topological polar surface area (TPSA) is 69.4 Å². The highest BCUT2D eigenvalue weighted by molar-refractivity contribution is 5.58. The summed E-state index contributed by atoms with van der Waals surface area (Å²) in [4.78, 5) is 0. The van der Waals surface area contributed by atoms with Gasteiger partial charge in [0.25, 0.3) is 0 Å². The molecule has 2 heterocycles. The highest BCUT2D eigenvalue weighted by Crippen LogP contribution is 2.16. The van der Waals surface area contributed by atoms with Gasteiger partial charge in [-0.15, -0.1) is 0 Å². The molecule has 0 unspecified atom stereocenters. The van der Waals surface area contributed by atoms with Gasteiger partial charge in [-0.3, -0.25) is 10.2 Å². The third-order valence-electron chi connectivity index (χ3n) is 3.68. The first-order valence-corrected chi connectivity index (χ1v) is 7.04. The van der Waals surface area contributed by atoms with E-state index < -0.39 is 0 Å². The molecule has 108 valence electrons. The van der Waals surface area contributed by atoms with Crippen molar-refractivity contribution >= 4 is 0 Å². The summed E-state index contributed by atoms with van der Waals surface area (Å²) in [5, 5.41) is 17.6. The number of nitrogens with one attached hydrogen (secondary N) is 3. The van der Waals surface area contributed by atoms with E-state index in [-0.39, 0.29) is 0 Å². The average Bonchev–Trinajstić information content (AvgIpc) is 3.13. The lowest BCUT2D eigenvalue weighted by molar-refractivity contribution is 0.688. The number of H-pyrrole nitrogens is 2. The number of rotatable bonds is 5. The van der Waals surface area contributed by atoms with Gasteiger partial charge in [0.05, 0.1) is 11.4 Å². The minimum absolute atomic E-state index is 0.830. The van der Waals surface area contributed by atoms with Crippen molar-refractivity contribution in [3.63, 3.8) is 0 Å². The second-order valence-corrected chi connectivity index (χ2v) is 5.18. The number of nitrogens with zero attached hydrogens (tertiary/aromatic N) is 2. The highest BCUT2D eigenvalue weighted by atomic mass is 15.1. The largest absolute Gasteiger partial charge is 0.308 e. The van der Waals surface area contributed by atoms with Crippen LogP contribution in [-0.4, -0.2) is 20.4 Å². The van der Waals surface area contributed by atoms with Crippen molar-refractivity contribution in [1.82, 2.24) is 25.7 Å². The van der Waals surface area contributed by atoms with Crippen LogP contribution in [-0.2, 0) is 13.1 Å². The summed E-state index contributed by atoms with van der Waals surface area (Å²) >= 11 is 0. The molecule has 0 saturated carbocycles. The van der Waals surface area contributed by atoms with Gasteiger partial charge in [0, 0.05) is 30.5 Å². The van der Waals surface area contributed by atoms with Gasteiger partial charge in [0.2, 0.25) is 0 Å². The van der Waals surface area contributed by atoms with Crippen LogP contribution in [0.4, 0.5) is 0 Å². The fourth-order valence-corrected chi connectivity index (χ4v) is 2.39. The molecule has 0 radical (unpaired) electrons. The Morgan fingerprint density at radius 2 is 1.81 bits per heavy atom. The van der Waals surface area contributed by atoms with E-state index in [0.29, 0.717) is 0 Å². The van der Waals surface area contributed by atoms with Gasteiger partial charge in [-0.25, -0.2) is 0 Å². The summed E-state index contributed by atoms with van der Waals surface area (Å²) in [7, 11) is 0. The Balaban J connectivity index is 1.59. The van der Waals surface area contributed by atoms with Crippen LogP contribution in [0.2, 0.25) is 0 Å². The molecule has 2 aromatic heterocycles. The van der Waals surface area contributed by atoms with Gasteiger partial charge in [0.15, 0.2) is 0 Å². The molecule has 0 atom stereocenters. The summed E-state index contributed by atoms with van der Waals surface area (Å²) in [5.41, 5.74) is 6.90. The van der Waals surface area contributed by atoms with Crippen LogP contribution >= 0.6 is 0 Å². The monoisotopic (exact) mass is 281 g/mol. The zero-order chi connectivity index (χ0) is 14.7. The number of hydrogen-bond acceptors (Lipinski definition) is 3. The lowest BCUT2D eigenvalue weighted by atomic mass is 10.1. The van der Waals surface area contributed by atoms with Gasteiger partial charge in [0.1, 0.15) is 0 Å². The minimum Gasteiger partial charge on any atom is -0.308 e. The molecule has 0 aliphatic rings. The maximum atomic E-state index is 4.21. The quantitative estimate of drug-likeness (QED) is 0.673. The highest BCUT2D eigenvalue weighted by Gasteiger charge is 2.05. The van der Waals surface area contributed by atoms with Crippen LogP contribution in [0.15, 0.2) is 36.5 Å². The Morgan fingerprint density at radius 3 is 2.43 bits per heavy atom. The van der Waals surface area contributed by atoms with Crippen LogP contribution in [0.3, 0.4) is 0 Å². The summed E-state index contributed by atoms with van der Waals surface area (Å²) in [6.07, 6.45) is 1.76. The maximum absolute atomic E-state index is 4.21. The molecule has 21 heavy (non-hydrogen) atoms. The molecule has 0 amide bonds. The van der Waals surface area contributed by atoms with Crippen LogP contribution < -0.4 is 5.32 Å². The molecule has 5 heteroatoms. The van der Waals surface area contributed by atoms with Crippen LogP contribution in [0.25, 0.3) is 11.3 Å². The zero-order valence-corrected chi connectivity index (χ0v) is 12.3. The molecule has 0 aliphatic heterocycles. The number of hydrogen-bond donors (Lipinski definition) is 3. The van der Waals surface area contributed by atoms with Crippen molar-refractivity contribution < 1.29 is 0 Å². The molecular weight excluding hydrogens is 262 g/mol. The van der Waals surface area contributed by atoms with E-state index in [2.05, 4.69) is 56.9 Å². The lowest BCUT2D eigenvalue weighted by Gasteiger charge is -2.06. The number of aromatic nitrogens is 4. The molecule has 0 fully saturated rings. The minimum atomic E-state index is 0.830. The summed E-state index contributed by atoms with van der Waals surface area (Å²) < 4.78 is 0. The van der Waals surface area contributed by atoms with Gasteiger partial charge < -0.3 is 5.32 Å². The molecule has 3 aromatic rings. The standard InChI is InChI=1S/C16H19N5/c1-11-15(12(2)20-19-11)10-17-9-13-3-5-14(6-4-13)16-7-8-18-21-16/h3-8,17H,9-10H2,1-2H3,(H,18,21)(H,19,20). The Kier molecular flexibility index (Phi) is 3.83. The third-order valence-corrected chi connectivity index (χ3v) is 3.68. The van der Waals surface area contributed by atoms with Crippen LogP contribution in [0, 0.1) is 13.8 Å². The van der Waals surface area contributed by atoms with Gasteiger partial charge in [-0.2, -0.15) is 10.2 Å². The molecule has 0 bridgehead atoms.